The van der Waals surface area contributed by atoms with Gasteiger partial charge in [-0.1, -0.05) is 13.8 Å². The van der Waals surface area contributed by atoms with Gasteiger partial charge in [-0.3, -0.25) is 0 Å². The quantitative estimate of drug-likeness (QED) is 0.497. The molecule has 3 nitrogen and oxygen atoms in total. The van der Waals surface area contributed by atoms with Crippen LogP contribution in [0.15, 0.2) is 0 Å². The molecule has 3 heteroatoms. The monoisotopic (exact) mass is 195 g/mol. The van der Waals surface area contributed by atoms with Crippen LogP contribution in [-0.2, 0) is 0 Å². The first-order valence-corrected chi connectivity index (χ1v) is 5.29. The summed E-state index contributed by atoms with van der Waals surface area (Å²) in [6.07, 6.45) is 4.41. The summed E-state index contributed by atoms with van der Waals surface area (Å²) < 4.78 is 0. The maximum absolute atomic E-state index is 7.63. The van der Waals surface area contributed by atoms with E-state index in [1.807, 2.05) is 13.8 Å². The predicted octanol–water partition coefficient (Wildman–Crippen LogP) is 3.43. The highest BCUT2D eigenvalue weighted by Crippen LogP contribution is 2.03. The Morgan fingerprint density at radius 3 is 1.21 bits per heavy atom. The Labute approximate surface area is 86.4 Å². The molecule has 0 aliphatic rings. The van der Waals surface area contributed by atoms with E-state index in [0.717, 1.165) is 37.1 Å². The number of hydrogen-bond acceptors (Lipinski definition) is 3. The van der Waals surface area contributed by atoms with E-state index >= 15 is 0 Å². The second kappa shape index (κ2) is 7.42. The van der Waals surface area contributed by atoms with Gasteiger partial charge < -0.3 is 16.2 Å². The van der Waals surface area contributed by atoms with Crippen LogP contribution in [0.5, 0.6) is 0 Å². The molecule has 0 spiro atoms. The van der Waals surface area contributed by atoms with E-state index in [9.17, 15) is 0 Å². The SMILES string of the molecule is CCC(=N)CCC(=N)CCC(=N)CC. The first-order valence-electron chi connectivity index (χ1n) is 5.29. The number of hydrogen-bond donors (Lipinski definition) is 3. The van der Waals surface area contributed by atoms with E-state index in [4.69, 9.17) is 16.2 Å². The van der Waals surface area contributed by atoms with Gasteiger partial charge in [-0.25, -0.2) is 0 Å². The zero-order valence-electron chi connectivity index (χ0n) is 9.24. The van der Waals surface area contributed by atoms with E-state index in [1.54, 1.807) is 0 Å². The van der Waals surface area contributed by atoms with E-state index in [0.29, 0.717) is 18.6 Å². The lowest BCUT2D eigenvalue weighted by Gasteiger charge is -2.04. The van der Waals surface area contributed by atoms with Crippen LogP contribution < -0.4 is 0 Å². The molecule has 0 amide bonds. The van der Waals surface area contributed by atoms with Gasteiger partial charge in [-0.15, -0.1) is 0 Å². The van der Waals surface area contributed by atoms with Gasteiger partial charge in [-0.05, 0) is 38.5 Å². The average molecular weight is 195 g/mol. The Hall–Kier alpha value is -0.990. The Bertz CT molecular complexity index is 197. The van der Waals surface area contributed by atoms with Gasteiger partial charge >= 0.3 is 0 Å². The number of nitrogens with one attached hydrogen (secondary N) is 3. The van der Waals surface area contributed by atoms with Crippen molar-refractivity contribution in [1.29, 1.82) is 16.2 Å². The Kier molecular flexibility index (Phi) is 6.89. The van der Waals surface area contributed by atoms with Gasteiger partial charge in [0.25, 0.3) is 0 Å². The fourth-order valence-corrected chi connectivity index (χ4v) is 1.08. The van der Waals surface area contributed by atoms with Crippen LogP contribution in [0.4, 0.5) is 0 Å². The third kappa shape index (κ3) is 6.52. The molecular weight excluding hydrogens is 174 g/mol. The van der Waals surface area contributed by atoms with Gasteiger partial charge in [0, 0.05) is 17.1 Å². The third-order valence-electron chi connectivity index (χ3n) is 2.31. The highest BCUT2D eigenvalue weighted by molar-refractivity contribution is 5.91. The molecule has 0 bridgehead atoms. The molecule has 0 fully saturated rings. The van der Waals surface area contributed by atoms with Gasteiger partial charge in [0.05, 0.1) is 0 Å². The average Bonchev–Trinajstić information content (AvgIpc) is 2.22. The molecule has 0 aliphatic carbocycles. The fraction of sp³-hybridized carbons (Fsp3) is 0.727. The lowest BCUT2D eigenvalue weighted by molar-refractivity contribution is 0.981. The summed E-state index contributed by atoms with van der Waals surface area (Å²) in [4.78, 5) is 0. The van der Waals surface area contributed by atoms with Crippen molar-refractivity contribution in [3.63, 3.8) is 0 Å². The molecular formula is C11H21N3. The van der Waals surface area contributed by atoms with Crippen molar-refractivity contribution < 1.29 is 0 Å². The minimum absolute atomic E-state index is 0.682. The highest BCUT2D eigenvalue weighted by Gasteiger charge is 2.01. The minimum atomic E-state index is 0.682. The lowest BCUT2D eigenvalue weighted by atomic mass is 10.0. The van der Waals surface area contributed by atoms with E-state index < -0.39 is 0 Å². The molecule has 0 heterocycles. The molecule has 0 unspecified atom stereocenters. The number of rotatable bonds is 8. The molecule has 80 valence electrons. The van der Waals surface area contributed by atoms with Crippen molar-refractivity contribution in [2.45, 2.75) is 52.4 Å². The second-order valence-electron chi connectivity index (χ2n) is 3.52. The zero-order valence-corrected chi connectivity index (χ0v) is 9.24. The summed E-state index contributed by atoms with van der Waals surface area (Å²) in [6, 6.07) is 0. The second-order valence-corrected chi connectivity index (χ2v) is 3.52. The van der Waals surface area contributed by atoms with Crippen molar-refractivity contribution in [3.05, 3.63) is 0 Å². The first kappa shape index (κ1) is 13.0. The highest BCUT2D eigenvalue weighted by atomic mass is 14.4. The first-order chi connectivity index (χ1) is 6.60. The largest absolute Gasteiger partial charge is 0.310 e. The summed E-state index contributed by atoms with van der Waals surface area (Å²) in [5, 5.41) is 22.5. The summed E-state index contributed by atoms with van der Waals surface area (Å²) in [5.41, 5.74) is 2.13. The minimum Gasteiger partial charge on any atom is -0.310 e. The fourth-order valence-electron chi connectivity index (χ4n) is 1.08. The molecule has 0 saturated heterocycles. The summed E-state index contributed by atoms with van der Waals surface area (Å²) in [7, 11) is 0. The van der Waals surface area contributed by atoms with Crippen LogP contribution in [0.25, 0.3) is 0 Å². The molecule has 0 aromatic rings. The van der Waals surface area contributed by atoms with E-state index in [1.165, 1.54) is 0 Å². The molecule has 0 aromatic heterocycles. The summed E-state index contributed by atoms with van der Waals surface area (Å²) >= 11 is 0. The van der Waals surface area contributed by atoms with Gasteiger partial charge in [-0.2, -0.15) is 0 Å². The maximum Gasteiger partial charge on any atom is 0.00966 e. The molecule has 0 saturated carbocycles. The van der Waals surface area contributed by atoms with Crippen molar-refractivity contribution in [2.75, 3.05) is 0 Å². The van der Waals surface area contributed by atoms with Gasteiger partial charge in [0.2, 0.25) is 0 Å². The van der Waals surface area contributed by atoms with Crippen molar-refractivity contribution >= 4 is 17.1 Å². The summed E-state index contributed by atoms with van der Waals surface area (Å²) in [6.45, 7) is 3.94. The van der Waals surface area contributed by atoms with Crippen LogP contribution in [0.2, 0.25) is 0 Å². The van der Waals surface area contributed by atoms with Crippen molar-refractivity contribution in [1.82, 2.24) is 0 Å². The van der Waals surface area contributed by atoms with Crippen LogP contribution in [-0.4, -0.2) is 17.1 Å². The van der Waals surface area contributed by atoms with Crippen LogP contribution in [0.3, 0.4) is 0 Å². The Balaban J connectivity index is 3.56. The van der Waals surface area contributed by atoms with E-state index in [2.05, 4.69) is 0 Å². The van der Waals surface area contributed by atoms with Gasteiger partial charge in [0.15, 0.2) is 0 Å². The molecule has 0 atom stereocenters. The molecule has 0 rings (SSSR count). The summed E-state index contributed by atoms with van der Waals surface area (Å²) in [5.74, 6) is 0. The van der Waals surface area contributed by atoms with Crippen LogP contribution in [0.1, 0.15) is 52.4 Å². The predicted molar refractivity (Wildman–Crippen MR) is 62.2 cm³/mol. The van der Waals surface area contributed by atoms with Crippen molar-refractivity contribution in [2.24, 2.45) is 0 Å². The molecule has 0 aliphatic heterocycles. The molecule has 14 heavy (non-hydrogen) atoms. The molecule has 0 aromatic carbocycles. The standard InChI is InChI=1S/C11H21N3/c1-3-9(12)5-7-11(14)8-6-10(13)4-2/h12-14H,3-8H2,1-2H3. The van der Waals surface area contributed by atoms with Crippen LogP contribution >= 0.6 is 0 Å². The topological polar surface area (TPSA) is 71.6 Å². The smallest absolute Gasteiger partial charge is 0.00966 e. The normalized spacial score (nSPS) is 9.86. The molecule has 3 N–H and O–H groups in total. The maximum atomic E-state index is 7.63. The van der Waals surface area contributed by atoms with Crippen molar-refractivity contribution in [3.8, 4) is 0 Å². The van der Waals surface area contributed by atoms with E-state index in [-0.39, 0.29) is 0 Å². The lowest BCUT2D eigenvalue weighted by Crippen LogP contribution is -2.04. The zero-order chi connectivity index (χ0) is 11.0. The third-order valence-corrected chi connectivity index (χ3v) is 2.31. The van der Waals surface area contributed by atoms with Gasteiger partial charge in [0.1, 0.15) is 0 Å². The molecule has 0 radical (unpaired) electrons. The Morgan fingerprint density at radius 1 is 0.643 bits per heavy atom. The van der Waals surface area contributed by atoms with Crippen LogP contribution in [0, 0.1) is 16.2 Å². The Morgan fingerprint density at radius 2 is 0.929 bits per heavy atom.